The Kier molecular flexibility index (Phi) is 5.09. The van der Waals surface area contributed by atoms with E-state index in [4.69, 9.17) is 0 Å². The van der Waals surface area contributed by atoms with Crippen LogP contribution in [0.25, 0.3) is 33.4 Å². The normalized spacial score (nSPS) is 13.0. The van der Waals surface area contributed by atoms with Gasteiger partial charge in [-0.15, -0.1) is 0 Å². The molecule has 0 bridgehead atoms. The van der Waals surface area contributed by atoms with Gasteiger partial charge in [-0.25, -0.2) is 0 Å². The van der Waals surface area contributed by atoms with E-state index in [1.807, 2.05) is 0 Å². The lowest BCUT2D eigenvalue weighted by atomic mass is 9.86. The number of hydrogen-bond donors (Lipinski definition) is 0. The zero-order chi connectivity index (χ0) is 23.4. The summed E-state index contributed by atoms with van der Waals surface area (Å²) < 4.78 is 0. The third kappa shape index (κ3) is 4.15. The van der Waals surface area contributed by atoms with E-state index in [-0.39, 0.29) is 10.8 Å². The van der Waals surface area contributed by atoms with E-state index in [1.54, 1.807) is 0 Å². The van der Waals surface area contributed by atoms with Crippen molar-refractivity contribution in [2.75, 3.05) is 0 Å². The molecule has 5 rings (SSSR count). The van der Waals surface area contributed by atoms with Gasteiger partial charge in [-0.1, -0.05) is 126 Å². The fourth-order valence-corrected chi connectivity index (χ4v) is 4.90. The van der Waals surface area contributed by atoms with E-state index < -0.39 is 0 Å². The molecule has 0 saturated carbocycles. The molecule has 0 heterocycles. The maximum absolute atomic E-state index is 2.39. The van der Waals surface area contributed by atoms with Crippen LogP contribution in [0.1, 0.15) is 63.8 Å². The zero-order valence-electron chi connectivity index (χ0n) is 20.8. The number of benzene rings is 4. The number of fused-ring (bicyclic) bond motifs is 3. The third-order valence-corrected chi connectivity index (χ3v) is 7.05. The maximum atomic E-state index is 2.39. The smallest absolute Gasteiger partial charge is 0.00130 e. The Labute approximate surface area is 199 Å². The van der Waals surface area contributed by atoms with Crippen molar-refractivity contribution in [3.63, 3.8) is 0 Å². The lowest BCUT2D eigenvalue weighted by Crippen LogP contribution is -2.10. The molecule has 0 unspecified atom stereocenters. The molecule has 0 spiro atoms. The van der Waals surface area contributed by atoms with Gasteiger partial charge in [0.2, 0.25) is 0 Å². The molecule has 33 heavy (non-hydrogen) atoms. The van der Waals surface area contributed by atoms with E-state index in [9.17, 15) is 0 Å². The first kappa shape index (κ1) is 21.7. The van der Waals surface area contributed by atoms with Crippen LogP contribution in [-0.2, 0) is 17.3 Å². The molecule has 0 aromatic heterocycles. The highest BCUT2D eigenvalue weighted by atomic mass is 14.2. The first-order valence-electron chi connectivity index (χ1n) is 12.1. The van der Waals surface area contributed by atoms with Crippen molar-refractivity contribution >= 4 is 0 Å². The van der Waals surface area contributed by atoms with Crippen molar-refractivity contribution in [1.82, 2.24) is 0 Å². The van der Waals surface area contributed by atoms with Crippen LogP contribution in [0.2, 0.25) is 0 Å². The van der Waals surface area contributed by atoms with Gasteiger partial charge in [0.15, 0.2) is 0 Å². The van der Waals surface area contributed by atoms with Crippen LogP contribution in [-0.4, -0.2) is 0 Å². The molecule has 0 radical (unpaired) electrons. The lowest BCUT2D eigenvalue weighted by molar-refractivity contribution is 0.590. The average molecular weight is 431 g/mol. The van der Waals surface area contributed by atoms with Crippen LogP contribution in [0.5, 0.6) is 0 Å². The molecule has 0 N–H and O–H groups in total. The molecule has 4 aromatic carbocycles. The molecule has 0 saturated heterocycles. The Hall–Kier alpha value is -3.12. The SMILES string of the molecule is CC(C)(C)c1ccc(-c2ccc3c(c2)Cc2cc(-c4ccc(C(C)(C)C)cc4)ccc2-3)cc1. The predicted octanol–water partition coefficient (Wildman–Crippen LogP) is 9.19. The van der Waals surface area contributed by atoms with E-state index in [2.05, 4.69) is 126 Å². The van der Waals surface area contributed by atoms with Crippen LogP contribution >= 0.6 is 0 Å². The van der Waals surface area contributed by atoms with Crippen LogP contribution in [0.15, 0.2) is 84.9 Å². The molecule has 0 aliphatic heterocycles. The Morgan fingerprint density at radius 2 is 0.758 bits per heavy atom. The molecular formula is C33H34. The predicted molar refractivity (Wildman–Crippen MR) is 143 cm³/mol. The minimum atomic E-state index is 0.183. The first-order valence-corrected chi connectivity index (χ1v) is 12.1. The second kappa shape index (κ2) is 7.73. The van der Waals surface area contributed by atoms with Gasteiger partial charge < -0.3 is 0 Å². The van der Waals surface area contributed by atoms with Crippen molar-refractivity contribution in [2.45, 2.75) is 58.8 Å². The molecule has 1 aliphatic carbocycles. The van der Waals surface area contributed by atoms with Crippen molar-refractivity contribution in [3.8, 4) is 33.4 Å². The van der Waals surface area contributed by atoms with E-state index in [1.165, 1.54) is 55.6 Å². The van der Waals surface area contributed by atoms with Gasteiger partial charge in [0.05, 0.1) is 0 Å². The van der Waals surface area contributed by atoms with E-state index in [0.29, 0.717) is 0 Å². The Morgan fingerprint density at radius 3 is 1.09 bits per heavy atom. The maximum Gasteiger partial charge on any atom is -0.00130 e. The largest absolute Gasteiger partial charge is 0.0579 e. The summed E-state index contributed by atoms with van der Waals surface area (Å²) in [4.78, 5) is 0. The first-order chi connectivity index (χ1) is 15.6. The monoisotopic (exact) mass is 430 g/mol. The summed E-state index contributed by atoms with van der Waals surface area (Å²) in [5.41, 5.74) is 14.0. The minimum Gasteiger partial charge on any atom is -0.0579 e. The Balaban J connectivity index is 1.42. The molecule has 0 amide bonds. The fraction of sp³-hybridized carbons (Fsp3) is 0.273. The van der Waals surface area contributed by atoms with Crippen LogP contribution in [0.3, 0.4) is 0 Å². The van der Waals surface area contributed by atoms with E-state index in [0.717, 1.165) is 6.42 Å². The highest BCUT2D eigenvalue weighted by Gasteiger charge is 2.20. The topological polar surface area (TPSA) is 0 Å². The number of rotatable bonds is 2. The van der Waals surface area contributed by atoms with Gasteiger partial charge in [0, 0.05) is 0 Å². The quantitative estimate of drug-likeness (QED) is 0.262. The Morgan fingerprint density at radius 1 is 0.424 bits per heavy atom. The molecule has 0 heteroatoms. The molecule has 166 valence electrons. The van der Waals surface area contributed by atoms with Gasteiger partial charge in [-0.2, -0.15) is 0 Å². The summed E-state index contributed by atoms with van der Waals surface area (Å²) in [6.07, 6.45) is 1.01. The van der Waals surface area contributed by atoms with Gasteiger partial charge in [0.25, 0.3) is 0 Å². The van der Waals surface area contributed by atoms with Crippen molar-refractivity contribution in [3.05, 3.63) is 107 Å². The summed E-state index contributed by atoms with van der Waals surface area (Å²) in [6, 6.07) is 32.1. The van der Waals surface area contributed by atoms with Gasteiger partial charge >= 0.3 is 0 Å². The molecular weight excluding hydrogens is 396 g/mol. The molecule has 0 fully saturated rings. The second-order valence-corrected chi connectivity index (χ2v) is 11.6. The second-order valence-electron chi connectivity index (χ2n) is 11.6. The molecule has 0 nitrogen and oxygen atoms in total. The van der Waals surface area contributed by atoms with Crippen molar-refractivity contribution in [1.29, 1.82) is 0 Å². The van der Waals surface area contributed by atoms with Gasteiger partial charge in [-0.3, -0.25) is 0 Å². The van der Waals surface area contributed by atoms with E-state index >= 15 is 0 Å². The molecule has 4 aromatic rings. The zero-order valence-corrected chi connectivity index (χ0v) is 20.8. The minimum absolute atomic E-state index is 0.183. The van der Waals surface area contributed by atoms with Crippen molar-refractivity contribution in [2.24, 2.45) is 0 Å². The summed E-state index contributed by atoms with van der Waals surface area (Å²) >= 11 is 0. The summed E-state index contributed by atoms with van der Waals surface area (Å²) in [5.74, 6) is 0. The molecule has 0 atom stereocenters. The van der Waals surface area contributed by atoms with Crippen LogP contribution < -0.4 is 0 Å². The lowest BCUT2D eigenvalue weighted by Gasteiger charge is -2.19. The average Bonchev–Trinajstić information content (AvgIpc) is 3.15. The standard InChI is InChI=1S/C33H34/c1-32(2,3)28-13-7-22(8-14-28)24-11-17-30-26(19-24)21-27-20-25(12-18-31(27)30)23-9-15-29(16-10-23)33(4,5)6/h7-20H,21H2,1-6H3. The summed E-state index contributed by atoms with van der Waals surface area (Å²) in [5, 5.41) is 0. The van der Waals surface area contributed by atoms with Crippen LogP contribution in [0, 0.1) is 0 Å². The van der Waals surface area contributed by atoms with Gasteiger partial charge in [0.1, 0.15) is 0 Å². The highest BCUT2D eigenvalue weighted by molar-refractivity contribution is 5.82. The Bertz CT molecular complexity index is 1200. The van der Waals surface area contributed by atoms with Crippen LogP contribution in [0.4, 0.5) is 0 Å². The third-order valence-electron chi connectivity index (χ3n) is 7.05. The van der Waals surface area contributed by atoms with Crippen molar-refractivity contribution < 1.29 is 0 Å². The highest BCUT2D eigenvalue weighted by Crippen LogP contribution is 2.40. The fourth-order valence-electron chi connectivity index (χ4n) is 4.90. The summed E-state index contributed by atoms with van der Waals surface area (Å²) in [7, 11) is 0. The number of hydrogen-bond acceptors (Lipinski definition) is 0. The summed E-state index contributed by atoms with van der Waals surface area (Å²) in [6.45, 7) is 13.6. The van der Waals surface area contributed by atoms with Gasteiger partial charge in [-0.05, 0) is 72.9 Å². The molecule has 1 aliphatic rings.